The van der Waals surface area contributed by atoms with Gasteiger partial charge in [0.15, 0.2) is 0 Å². The van der Waals surface area contributed by atoms with Crippen LogP contribution in [0.1, 0.15) is 36.6 Å². The molecule has 0 aromatic carbocycles. The molecule has 0 radical (unpaired) electrons. The number of rotatable bonds is 5. The minimum Gasteiger partial charge on any atom is -0.373 e. The quantitative estimate of drug-likeness (QED) is 0.885. The highest BCUT2D eigenvalue weighted by molar-refractivity contribution is 5.43. The van der Waals surface area contributed by atoms with Crippen LogP contribution in [-0.4, -0.2) is 40.5 Å². The third kappa shape index (κ3) is 3.59. The molecule has 3 heterocycles. The van der Waals surface area contributed by atoms with E-state index < -0.39 is 0 Å². The monoisotopic (exact) mass is 312 g/mol. The number of aromatic nitrogens is 3. The Kier molecular flexibility index (Phi) is 5.02. The van der Waals surface area contributed by atoms with Gasteiger partial charge in [0.25, 0.3) is 0 Å². The number of piperidine rings is 1. The summed E-state index contributed by atoms with van der Waals surface area (Å²) in [5, 5.41) is 6.21. The van der Waals surface area contributed by atoms with Crippen LogP contribution in [0, 0.1) is 0 Å². The van der Waals surface area contributed by atoms with Gasteiger partial charge in [0.2, 0.25) is 5.95 Å². The normalized spacial score (nSPS) is 18.6. The van der Waals surface area contributed by atoms with E-state index in [0.29, 0.717) is 12.0 Å². The molecule has 3 rings (SSSR count). The standard InChI is InChI=1S/C17H24N6/c1-18-16-13(6-5-9-20-16)12-23-11-4-3-7-15(23)14-8-10-21-17(19-2)22-14/h5-6,8-10,15H,3-4,7,11-12H2,1-2H3,(H,18,20)(H,19,21,22)/t15-/m1/s1. The van der Waals surface area contributed by atoms with Crippen molar-refractivity contribution in [1.82, 2.24) is 19.9 Å². The van der Waals surface area contributed by atoms with Gasteiger partial charge >= 0.3 is 0 Å². The first-order valence-electron chi connectivity index (χ1n) is 8.18. The molecule has 1 aliphatic rings. The van der Waals surface area contributed by atoms with E-state index in [0.717, 1.165) is 31.0 Å². The molecule has 2 N–H and O–H groups in total. The van der Waals surface area contributed by atoms with Gasteiger partial charge in [-0.05, 0) is 31.5 Å². The van der Waals surface area contributed by atoms with Gasteiger partial charge in [0, 0.05) is 38.6 Å². The lowest BCUT2D eigenvalue weighted by Crippen LogP contribution is -2.33. The van der Waals surface area contributed by atoms with E-state index in [9.17, 15) is 0 Å². The molecule has 0 bridgehead atoms. The lowest BCUT2D eigenvalue weighted by Gasteiger charge is -2.35. The molecule has 1 saturated heterocycles. The fraction of sp³-hybridized carbons (Fsp3) is 0.471. The third-order valence-electron chi connectivity index (χ3n) is 4.36. The molecule has 2 aromatic rings. The Hall–Kier alpha value is -2.21. The SMILES string of the molecule is CNc1nccc([C@H]2CCCCN2Cc2cccnc2NC)n1. The number of nitrogens with one attached hydrogen (secondary N) is 2. The molecule has 6 heteroatoms. The molecule has 0 spiro atoms. The topological polar surface area (TPSA) is 66.0 Å². The highest BCUT2D eigenvalue weighted by Crippen LogP contribution is 2.32. The van der Waals surface area contributed by atoms with Gasteiger partial charge in [-0.15, -0.1) is 0 Å². The molecule has 1 aliphatic heterocycles. The van der Waals surface area contributed by atoms with Crippen LogP contribution in [0.15, 0.2) is 30.6 Å². The number of nitrogens with zero attached hydrogens (tertiary/aromatic N) is 4. The second-order valence-electron chi connectivity index (χ2n) is 5.80. The van der Waals surface area contributed by atoms with Crippen LogP contribution in [-0.2, 0) is 6.54 Å². The van der Waals surface area contributed by atoms with Gasteiger partial charge < -0.3 is 10.6 Å². The summed E-state index contributed by atoms with van der Waals surface area (Å²) < 4.78 is 0. The van der Waals surface area contributed by atoms with Crippen molar-refractivity contribution in [1.29, 1.82) is 0 Å². The predicted octanol–water partition coefficient (Wildman–Crippen LogP) is 2.68. The second kappa shape index (κ2) is 7.37. The van der Waals surface area contributed by atoms with Crippen LogP contribution in [0.2, 0.25) is 0 Å². The molecule has 1 fully saturated rings. The summed E-state index contributed by atoms with van der Waals surface area (Å²) in [5.41, 5.74) is 2.32. The first-order chi connectivity index (χ1) is 11.3. The summed E-state index contributed by atoms with van der Waals surface area (Å²) in [6.07, 6.45) is 7.27. The molecule has 122 valence electrons. The number of likely N-dealkylation sites (tertiary alicyclic amines) is 1. The van der Waals surface area contributed by atoms with Gasteiger partial charge in [0.1, 0.15) is 5.82 Å². The van der Waals surface area contributed by atoms with E-state index in [2.05, 4.69) is 36.6 Å². The molecular weight excluding hydrogens is 288 g/mol. The highest BCUT2D eigenvalue weighted by atomic mass is 15.2. The molecule has 0 unspecified atom stereocenters. The predicted molar refractivity (Wildman–Crippen MR) is 92.4 cm³/mol. The Morgan fingerprint density at radius 1 is 1.13 bits per heavy atom. The fourth-order valence-electron chi connectivity index (χ4n) is 3.20. The van der Waals surface area contributed by atoms with Gasteiger partial charge in [-0.2, -0.15) is 0 Å². The third-order valence-corrected chi connectivity index (χ3v) is 4.36. The number of hydrogen-bond acceptors (Lipinski definition) is 6. The average Bonchev–Trinajstić information content (AvgIpc) is 2.62. The molecule has 6 nitrogen and oxygen atoms in total. The van der Waals surface area contributed by atoms with E-state index in [1.165, 1.54) is 18.4 Å². The first kappa shape index (κ1) is 15.7. The number of anilines is 2. The van der Waals surface area contributed by atoms with Crippen molar-refractivity contribution < 1.29 is 0 Å². The molecule has 0 amide bonds. The van der Waals surface area contributed by atoms with Crippen molar-refractivity contribution in [2.45, 2.75) is 31.8 Å². The van der Waals surface area contributed by atoms with E-state index in [1.54, 1.807) is 0 Å². The molecule has 1 atom stereocenters. The largest absolute Gasteiger partial charge is 0.373 e. The first-order valence-corrected chi connectivity index (χ1v) is 8.18. The van der Waals surface area contributed by atoms with Crippen molar-refractivity contribution >= 4 is 11.8 Å². The lowest BCUT2D eigenvalue weighted by atomic mass is 9.98. The Morgan fingerprint density at radius 3 is 2.87 bits per heavy atom. The molecular formula is C17H24N6. The summed E-state index contributed by atoms with van der Waals surface area (Å²) in [5.74, 6) is 1.64. The van der Waals surface area contributed by atoms with Gasteiger partial charge in [-0.3, -0.25) is 4.90 Å². The summed E-state index contributed by atoms with van der Waals surface area (Å²) in [6, 6.07) is 6.51. The van der Waals surface area contributed by atoms with E-state index in [4.69, 9.17) is 0 Å². The van der Waals surface area contributed by atoms with E-state index in [1.807, 2.05) is 38.6 Å². The zero-order chi connectivity index (χ0) is 16.1. The molecule has 23 heavy (non-hydrogen) atoms. The van der Waals surface area contributed by atoms with Gasteiger partial charge in [-0.1, -0.05) is 12.5 Å². The molecule has 2 aromatic heterocycles. The number of pyridine rings is 1. The van der Waals surface area contributed by atoms with Crippen molar-refractivity contribution in [2.24, 2.45) is 0 Å². The second-order valence-corrected chi connectivity index (χ2v) is 5.80. The average molecular weight is 312 g/mol. The minimum absolute atomic E-state index is 0.337. The Morgan fingerprint density at radius 2 is 2.04 bits per heavy atom. The Labute approximate surface area is 137 Å². The van der Waals surface area contributed by atoms with Crippen LogP contribution in [0.25, 0.3) is 0 Å². The summed E-state index contributed by atoms with van der Waals surface area (Å²) in [4.78, 5) is 15.8. The van der Waals surface area contributed by atoms with E-state index in [-0.39, 0.29) is 0 Å². The number of hydrogen-bond donors (Lipinski definition) is 2. The summed E-state index contributed by atoms with van der Waals surface area (Å²) in [6.45, 7) is 1.97. The van der Waals surface area contributed by atoms with Crippen molar-refractivity contribution in [3.63, 3.8) is 0 Å². The van der Waals surface area contributed by atoms with Crippen LogP contribution < -0.4 is 10.6 Å². The molecule has 0 saturated carbocycles. The van der Waals surface area contributed by atoms with Crippen LogP contribution in [0.5, 0.6) is 0 Å². The molecule has 0 aliphatic carbocycles. The maximum Gasteiger partial charge on any atom is 0.222 e. The summed E-state index contributed by atoms with van der Waals surface area (Å²) >= 11 is 0. The fourth-order valence-corrected chi connectivity index (χ4v) is 3.20. The van der Waals surface area contributed by atoms with Crippen LogP contribution >= 0.6 is 0 Å². The Bertz CT molecular complexity index is 644. The van der Waals surface area contributed by atoms with Crippen molar-refractivity contribution in [2.75, 3.05) is 31.3 Å². The highest BCUT2D eigenvalue weighted by Gasteiger charge is 2.26. The minimum atomic E-state index is 0.337. The smallest absolute Gasteiger partial charge is 0.222 e. The summed E-state index contributed by atoms with van der Waals surface area (Å²) in [7, 11) is 3.77. The lowest BCUT2D eigenvalue weighted by molar-refractivity contribution is 0.137. The van der Waals surface area contributed by atoms with Crippen molar-refractivity contribution in [3.8, 4) is 0 Å². The van der Waals surface area contributed by atoms with Gasteiger partial charge in [-0.25, -0.2) is 15.0 Å². The zero-order valence-electron chi connectivity index (χ0n) is 13.8. The van der Waals surface area contributed by atoms with Crippen molar-refractivity contribution in [3.05, 3.63) is 41.9 Å². The Balaban J connectivity index is 1.83. The maximum atomic E-state index is 4.65. The zero-order valence-corrected chi connectivity index (χ0v) is 13.8. The maximum absolute atomic E-state index is 4.65. The van der Waals surface area contributed by atoms with Gasteiger partial charge in [0.05, 0.1) is 11.7 Å². The van der Waals surface area contributed by atoms with E-state index >= 15 is 0 Å². The van der Waals surface area contributed by atoms with Crippen LogP contribution in [0.4, 0.5) is 11.8 Å². The van der Waals surface area contributed by atoms with Crippen LogP contribution in [0.3, 0.4) is 0 Å².